The summed E-state index contributed by atoms with van der Waals surface area (Å²) >= 11 is 3.36. The van der Waals surface area contributed by atoms with Crippen molar-refractivity contribution in [2.45, 2.75) is 68.4 Å². The first-order valence-electron chi connectivity index (χ1n) is 7.84. The van der Waals surface area contributed by atoms with Crippen molar-refractivity contribution in [2.75, 3.05) is 5.52 Å². The molecule has 4 aliphatic rings. The Balaban J connectivity index is 1.69. The van der Waals surface area contributed by atoms with Crippen molar-refractivity contribution in [2.24, 2.45) is 11.8 Å². The summed E-state index contributed by atoms with van der Waals surface area (Å²) in [6.45, 7) is 0. The van der Waals surface area contributed by atoms with Gasteiger partial charge in [0, 0.05) is 6.04 Å². The van der Waals surface area contributed by atoms with Crippen LogP contribution in [0.3, 0.4) is 0 Å². The van der Waals surface area contributed by atoms with Crippen LogP contribution in [0.2, 0.25) is 0 Å². The zero-order chi connectivity index (χ0) is 13.9. The number of alkyl halides is 1. The Bertz CT molecular complexity index is 491. The second-order valence-corrected chi connectivity index (χ2v) is 9.35. The predicted octanol–water partition coefficient (Wildman–Crippen LogP) is 2.48. The maximum absolute atomic E-state index is 12.9. The first-order valence-corrected chi connectivity index (χ1v) is 10.5. The van der Waals surface area contributed by atoms with Gasteiger partial charge in [0.15, 0.2) is 0 Å². The summed E-state index contributed by atoms with van der Waals surface area (Å²) in [6, 6.07) is 0.369. The number of fused-ring (bicyclic) bond motifs is 1. The quantitative estimate of drug-likeness (QED) is 0.723. The average molecular weight is 364 g/mol. The lowest BCUT2D eigenvalue weighted by atomic mass is 9.89. The van der Waals surface area contributed by atoms with Gasteiger partial charge in [-0.15, -0.1) is 0 Å². The maximum atomic E-state index is 12.9. The molecular weight excluding hydrogens is 342 g/mol. The number of hydrogen-bond acceptors (Lipinski definition) is 3. The Morgan fingerprint density at radius 3 is 2.60 bits per heavy atom. The fraction of sp³-hybridized carbons (Fsp3) is 1.00. The van der Waals surface area contributed by atoms with E-state index in [-0.39, 0.29) is 23.4 Å². The van der Waals surface area contributed by atoms with E-state index in [0.717, 1.165) is 25.7 Å². The molecule has 4 rings (SSSR count). The summed E-state index contributed by atoms with van der Waals surface area (Å²) in [5.74, 6) is 0.784. The molecular formula is C14H22BrNO3S. The molecule has 0 spiro atoms. The molecule has 1 aliphatic heterocycles. The first kappa shape index (κ1) is 14.0. The summed E-state index contributed by atoms with van der Waals surface area (Å²) in [7, 11) is -3.08. The van der Waals surface area contributed by atoms with Crippen LogP contribution in [0.1, 0.15) is 44.9 Å². The highest BCUT2D eigenvalue weighted by atomic mass is 79.9. The summed E-state index contributed by atoms with van der Waals surface area (Å²) in [4.78, 5) is 0. The maximum Gasteiger partial charge on any atom is 0.217 e. The lowest BCUT2D eigenvalue weighted by Crippen LogP contribution is -2.48. The molecule has 0 aromatic carbocycles. The van der Waals surface area contributed by atoms with Gasteiger partial charge in [-0.2, -0.15) is 4.31 Å². The highest BCUT2D eigenvalue weighted by molar-refractivity contribution is 9.09. The van der Waals surface area contributed by atoms with Gasteiger partial charge in [0.1, 0.15) is 5.52 Å². The number of sulfonamides is 1. The lowest BCUT2D eigenvalue weighted by Gasteiger charge is -2.36. The van der Waals surface area contributed by atoms with E-state index in [2.05, 4.69) is 15.9 Å². The predicted molar refractivity (Wildman–Crippen MR) is 80.1 cm³/mol. The molecule has 1 saturated heterocycles. The van der Waals surface area contributed by atoms with Crippen molar-refractivity contribution >= 4 is 26.0 Å². The number of rotatable bonds is 3. The molecule has 6 heteroatoms. The largest absolute Gasteiger partial charge is 0.365 e. The molecule has 5 unspecified atom stereocenters. The van der Waals surface area contributed by atoms with Gasteiger partial charge in [-0.1, -0.05) is 35.2 Å². The molecule has 1 heterocycles. The van der Waals surface area contributed by atoms with E-state index in [9.17, 15) is 8.42 Å². The second-order valence-electron chi connectivity index (χ2n) is 6.83. The van der Waals surface area contributed by atoms with Gasteiger partial charge in [0.2, 0.25) is 10.0 Å². The van der Waals surface area contributed by atoms with Crippen LogP contribution in [-0.2, 0) is 14.8 Å². The van der Waals surface area contributed by atoms with E-state index in [0.29, 0.717) is 17.4 Å². The number of ether oxygens (including phenoxy) is 1. The molecule has 3 saturated carbocycles. The Morgan fingerprint density at radius 1 is 1.15 bits per heavy atom. The van der Waals surface area contributed by atoms with Crippen LogP contribution in [0.4, 0.5) is 0 Å². The normalized spacial score (nSPS) is 47.1. The van der Waals surface area contributed by atoms with E-state index in [4.69, 9.17) is 4.74 Å². The molecule has 0 amide bonds. The smallest absolute Gasteiger partial charge is 0.217 e. The molecule has 4 fully saturated rings. The fourth-order valence-electron chi connectivity index (χ4n) is 5.32. The Morgan fingerprint density at radius 2 is 1.90 bits per heavy atom. The highest BCUT2D eigenvalue weighted by Crippen LogP contribution is 2.57. The lowest BCUT2D eigenvalue weighted by molar-refractivity contribution is 0.00187. The number of nitrogens with zero attached hydrogens (tertiary/aromatic N) is 1. The topological polar surface area (TPSA) is 46.6 Å². The van der Waals surface area contributed by atoms with E-state index in [1.807, 2.05) is 4.31 Å². The van der Waals surface area contributed by atoms with Gasteiger partial charge in [-0.25, -0.2) is 8.42 Å². The van der Waals surface area contributed by atoms with E-state index < -0.39 is 10.0 Å². The van der Waals surface area contributed by atoms with Crippen molar-refractivity contribution in [3.63, 3.8) is 0 Å². The Labute approximate surface area is 129 Å². The van der Waals surface area contributed by atoms with Gasteiger partial charge in [0.25, 0.3) is 0 Å². The van der Waals surface area contributed by atoms with Gasteiger partial charge < -0.3 is 4.74 Å². The SMILES string of the molecule is O=S1(=O)C2CC3CC2C(C3OCBr)N1C1CCCCC1. The second kappa shape index (κ2) is 4.93. The van der Waals surface area contributed by atoms with Crippen LogP contribution in [0.5, 0.6) is 0 Å². The minimum Gasteiger partial charge on any atom is -0.365 e. The Kier molecular flexibility index (Phi) is 3.45. The summed E-state index contributed by atoms with van der Waals surface area (Å²) in [5.41, 5.74) is 0.514. The van der Waals surface area contributed by atoms with Gasteiger partial charge in [-0.05, 0) is 37.5 Å². The molecule has 114 valence electrons. The van der Waals surface area contributed by atoms with E-state index in [1.165, 1.54) is 19.3 Å². The molecule has 2 bridgehead atoms. The molecule has 0 aromatic rings. The van der Waals surface area contributed by atoms with Gasteiger partial charge in [0.05, 0.1) is 17.4 Å². The molecule has 0 radical (unpaired) electrons. The summed E-state index contributed by atoms with van der Waals surface area (Å²) in [6.07, 6.45) is 7.68. The zero-order valence-corrected chi connectivity index (χ0v) is 14.0. The monoisotopic (exact) mass is 363 g/mol. The van der Waals surface area contributed by atoms with Gasteiger partial charge >= 0.3 is 0 Å². The van der Waals surface area contributed by atoms with Crippen LogP contribution >= 0.6 is 15.9 Å². The summed E-state index contributed by atoms with van der Waals surface area (Å²) < 4.78 is 33.6. The standard InChI is InChI=1S/C14H22BrNO3S/c15-8-19-14-9-6-11-12(7-9)20(17,18)16(13(11)14)10-4-2-1-3-5-10/h9-14H,1-8H2. The summed E-state index contributed by atoms with van der Waals surface area (Å²) in [5, 5.41) is -0.102. The minimum absolute atomic E-state index is 0.102. The molecule has 5 atom stereocenters. The van der Waals surface area contributed by atoms with Crippen molar-refractivity contribution < 1.29 is 13.2 Å². The molecule has 20 heavy (non-hydrogen) atoms. The minimum atomic E-state index is -3.08. The van der Waals surface area contributed by atoms with Crippen LogP contribution in [0.15, 0.2) is 0 Å². The Hall–Kier alpha value is 0.350. The van der Waals surface area contributed by atoms with Crippen molar-refractivity contribution in [3.8, 4) is 0 Å². The van der Waals surface area contributed by atoms with Crippen molar-refractivity contribution in [1.29, 1.82) is 0 Å². The zero-order valence-electron chi connectivity index (χ0n) is 11.6. The van der Waals surface area contributed by atoms with E-state index in [1.54, 1.807) is 0 Å². The molecule has 0 N–H and O–H groups in total. The average Bonchev–Trinajstić information content (AvgIpc) is 3.04. The van der Waals surface area contributed by atoms with Crippen molar-refractivity contribution in [1.82, 2.24) is 4.31 Å². The van der Waals surface area contributed by atoms with Crippen LogP contribution in [0, 0.1) is 11.8 Å². The van der Waals surface area contributed by atoms with Crippen molar-refractivity contribution in [3.05, 3.63) is 0 Å². The molecule has 0 aromatic heterocycles. The first-order chi connectivity index (χ1) is 9.64. The molecule has 4 nitrogen and oxygen atoms in total. The molecule has 3 aliphatic carbocycles. The third-order valence-corrected chi connectivity index (χ3v) is 8.69. The van der Waals surface area contributed by atoms with Crippen LogP contribution in [-0.4, -0.2) is 41.7 Å². The van der Waals surface area contributed by atoms with Crippen LogP contribution in [0.25, 0.3) is 0 Å². The fourth-order valence-corrected chi connectivity index (χ4v) is 8.38. The number of hydrogen-bond donors (Lipinski definition) is 0. The highest BCUT2D eigenvalue weighted by Gasteiger charge is 2.67. The number of halogens is 1. The third-order valence-electron chi connectivity index (χ3n) is 5.99. The van der Waals surface area contributed by atoms with E-state index >= 15 is 0 Å². The van der Waals surface area contributed by atoms with Crippen LogP contribution < -0.4 is 0 Å². The van der Waals surface area contributed by atoms with Gasteiger partial charge in [-0.3, -0.25) is 0 Å². The third kappa shape index (κ3) is 1.80.